The van der Waals surface area contributed by atoms with Crippen molar-refractivity contribution in [3.05, 3.63) is 12.3 Å². The third-order valence-corrected chi connectivity index (χ3v) is 2.42. The molecule has 0 heterocycles. The molecular weight excluding hydrogens is 134 g/mol. The van der Waals surface area contributed by atoms with Crippen molar-refractivity contribution in [2.24, 2.45) is 5.92 Å². The summed E-state index contributed by atoms with van der Waals surface area (Å²) in [4.78, 5) is 0. The average Bonchev–Trinajstić information content (AvgIpc) is 2.07. The number of nitrogens with one attached hydrogen (secondary N) is 1. The lowest BCUT2D eigenvalue weighted by atomic mass is 9.89. The summed E-state index contributed by atoms with van der Waals surface area (Å²) in [5.41, 5.74) is 0. The van der Waals surface area contributed by atoms with E-state index in [1.807, 2.05) is 6.92 Å². The Kier molecular flexibility index (Phi) is 4.10. The largest absolute Gasteiger partial charge is 0.391 e. The average molecular weight is 153 g/mol. The van der Waals surface area contributed by atoms with Gasteiger partial charge in [0.05, 0.1) is 0 Å². The van der Waals surface area contributed by atoms with Gasteiger partial charge in [-0.25, -0.2) is 0 Å². The highest BCUT2D eigenvalue weighted by atomic mass is 14.8. The first kappa shape index (κ1) is 8.63. The van der Waals surface area contributed by atoms with Gasteiger partial charge >= 0.3 is 0 Å². The molecule has 0 saturated heterocycles. The molecule has 1 aliphatic rings. The Balaban J connectivity index is 2.04. The molecule has 1 saturated carbocycles. The van der Waals surface area contributed by atoms with E-state index in [2.05, 4.69) is 17.6 Å². The third-order valence-electron chi connectivity index (χ3n) is 2.42. The van der Waals surface area contributed by atoms with E-state index < -0.39 is 0 Å². The molecule has 1 N–H and O–H groups in total. The monoisotopic (exact) mass is 153 g/mol. The molecule has 0 aliphatic heterocycles. The Morgan fingerprint density at radius 1 is 1.27 bits per heavy atom. The Morgan fingerprint density at radius 2 is 2.00 bits per heavy atom. The van der Waals surface area contributed by atoms with Crippen LogP contribution in [0.4, 0.5) is 0 Å². The molecule has 1 heteroatoms. The van der Waals surface area contributed by atoms with Gasteiger partial charge in [0.2, 0.25) is 0 Å². The van der Waals surface area contributed by atoms with Crippen LogP contribution in [-0.2, 0) is 0 Å². The zero-order valence-electron chi connectivity index (χ0n) is 7.47. The van der Waals surface area contributed by atoms with Crippen LogP contribution in [0, 0.1) is 5.92 Å². The summed E-state index contributed by atoms with van der Waals surface area (Å²) in [5, 5.41) is 3.32. The molecular formula is C10H19N. The van der Waals surface area contributed by atoms with E-state index in [4.69, 9.17) is 0 Å². The maximum atomic E-state index is 3.32. The van der Waals surface area contributed by atoms with Gasteiger partial charge in [-0.3, -0.25) is 0 Å². The summed E-state index contributed by atoms with van der Waals surface area (Å²) in [5.74, 6) is 0.944. The van der Waals surface area contributed by atoms with Crippen LogP contribution in [-0.4, -0.2) is 6.54 Å². The molecule has 1 nitrogen and oxygen atoms in total. The van der Waals surface area contributed by atoms with E-state index in [0.717, 1.165) is 5.92 Å². The lowest BCUT2D eigenvalue weighted by Gasteiger charge is -2.21. The summed E-state index contributed by atoms with van der Waals surface area (Å²) < 4.78 is 0. The maximum absolute atomic E-state index is 3.32. The molecule has 64 valence electrons. The summed E-state index contributed by atoms with van der Waals surface area (Å²) >= 11 is 0. The van der Waals surface area contributed by atoms with Gasteiger partial charge < -0.3 is 5.32 Å². The molecule has 0 amide bonds. The van der Waals surface area contributed by atoms with Crippen molar-refractivity contribution in [3.63, 3.8) is 0 Å². The first-order valence-electron chi connectivity index (χ1n) is 4.78. The predicted molar refractivity (Wildman–Crippen MR) is 49.4 cm³/mol. The zero-order valence-corrected chi connectivity index (χ0v) is 7.47. The fraction of sp³-hybridized carbons (Fsp3) is 0.800. The highest BCUT2D eigenvalue weighted by Crippen LogP contribution is 2.22. The minimum absolute atomic E-state index is 0.944. The summed E-state index contributed by atoms with van der Waals surface area (Å²) in [7, 11) is 0. The van der Waals surface area contributed by atoms with Gasteiger partial charge in [0.15, 0.2) is 0 Å². The van der Waals surface area contributed by atoms with Gasteiger partial charge in [0, 0.05) is 6.54 Å². The molecule has 1 aliphatic carbocycles. The van der Waals surface area contributed by atoms with E-state index in [0.29, 0.717) is 0 Å². The fourth-order valence-corrected chi connectivity index (χ4v) is 1.74. The van der Waals surface area contributed by atoms with E-state index >= 15 is 0 Å². The fourth-order valence-electron chi connectivity index (χ4n) is 1.74. The second-order valence-electron chi connectivity index (χ2n) is 3.41. The molecule has 1 fully saturated rings. The molecule has 0 radical (unpaired) electrons. The van der Waals surface area contributed by atoms with E-state index in [1.54, 1.807) is 0 Å². The second kappa shape index (κ2) is 5.22. The van der Waals surface area contributed by atoms with Crippen LogP contribution in [0.15, 0.2) is 12.3 Å². The van der Waals surface area contributed by atoms with Crippen LogP contribution in [0.1, 0.15) is 39.0 Å². The normalized spacial score (nSPS) is 20.8. The van der Waals surface area contributed by atoms with Gasteiger partial charge in [-0.2, -0.15) is 0 Å². The summed E-state index contributed by atoms with van der Waals surface area (Å²) in [6.07, 6.45) is 11.3. The minimum atomic E-state index is 0.944. The standard InChI is InChI=1S/C10H19N/c1-2-8-11-9-10-6-4-3-5-7-10/h2,8,10-11H,3-7,9H2,1H3/b8-2+. The number of allylic oxidation sites excluding steroid dienone is 1. The van der Waals surface area contributed by atoms with Crippen molar-refractivity contribution in [1.82, 2.24) is 5.32 Å². The summed E-state index contributed by atoms with van der Waals surface area (Å²) in [6, 6.07) is 0. The van der Waals surface area contributed by atoms with Gasteiger partial charge in [-0.15, -0.1) is 0 Å². The molecule has 0 aromatic heterocycles. The SMILES string of the molecule is C/C=C/NCC1CCCCC1. The number of rotatable bonds is 3. The van der Waals surface area contributed by atoms with Crippen molar-refractivity contribution < 1.29 is 0 Å². The van der Waals surface area contributed by atoms with E-state index in [9.17, 15) is 0 Å². The van der Waals surface area contributed by atoms with Crippen molar-refractivity contribution in [1.29, 1.82) is 0 Å². The Morgan fingerprint density at radius 3 is 2.64 bits per heavy atom. The van der Waals surface area contributed by atoms with Crippen LogP contribution >= 0.6 is 0 Å². The lowest BCUT2D eigenvalue weighted by molar-refractivity contribution is 0.353. The van der Waals surface area contributed by atoms with Crippen LogP contribution in [0.2, 0.25) is 0 Å². The van der Waals surface area contributed by atoms with Crippen molar-refractivity contribution in [2.45, 2.75) is 39.0 Å². The first-order chi connectivity index (χ1) is 5.43. The van der Waals surface area contributed by atoms with Crippen LogP contribution in [0.3, 0.4) is 0 Å². The Bertz CT molecular complexity index is 112. The molecule has 0 spiro atoms. The smallest absolute Gasteiger partial charge is 0.0169 e. The number of hydrogen-bond donors (Lipinski definition) is 1. The van der Waals surface area contributed by atoms with Crippen LogP contribution in [0.25, 0.3) is 0 Å². The van der Waals surface area contributed by atoms with Crippen molar-refractivity contribution in [2.75, 3.05) is 6.54 Å². The molecule has 0 bridgehead atoms. The van der Waals surface area contributed by atoms with Gasteiger partial charge in [-0.05, 0) is 31.9 Å². The molecule has 0 atom stereocenters. The predicted octanol–water partition coefficient (Wildman–Crippen LogP) is 2.69. The maximum Gasteiger partial charge on any atom is 0.0169 e. The molecule has 11 heavy (non-hydrogen) atoms. The molecule has 1 rings (SSSR count). The third kappa shape index (κ3) is 3.45. The highest BCUT2D eigenvalue weighted by molar-refractivity contribution is 4.77. The molecule has 0 aromatic rings. The topological polar surface area (TPSA) is 12.0 Å². The van der Waals surface area contributed by atoms with Gasteiger partial charge in [0.1, 0.15) is 0 Å². The first-order valence-corrected chi connectivity index (χ1v) is 4.78. The highest BCUT2D eigenvalue weighted by Gasteiger charge is 2.11. The van der Waals surface area contributed by atoms with Crippen molar-refractivity contribution in [3.8, 4) is 0 Å². The van der Waals surface area contributed by atoms with Gasteiger partial charge in [-0.1, -0.05) is 25.3 Å². The van der Waals surface area contributed by atoms with Gasteiger partial charge in [0.25, 0.3) is 0 Å². The molecule has 0 aromatic carbocycles. The number of hydrogen-bond acceptors (Lipinski definition) is 1. The Labute approximate surface area is 69.9 Å². The minimum Gasteiger partial charge on any atom is -0.391 e. The van der Waals surface area contributed by atoms with Crippen LogP contribution in [0.5, 0.6) is 0 Å². The Hall–Kier alpha value is -0.460. The van der Waals surface area contributed by atoms with Crippen molar-refractivity contribution >= 4 is 0 Å². The molecule has 0 unspecified atom stereocenters. The van der Waals surface area contributed by atoms with Crippen LogP contribution < -0.4 is 5.32 Å². The summed E-state index contributed by atoms with van der Waals surface area (Å²) in [6.45, 7) is 3.23. The quantitative estimate of drug-likeness (QED) is 0.657. The lowest BCUT2D eigenvalue weighted by Crippen LogP contribution is -2.20. The van der Waals surface area contributed by atoms with E-state index in [1.165, 1.54) is 38.6 Å². The van der Waals surface area contributed by atoms with E-state index in [-0.39, 0.29) is 0 Å². The second-order valence-corrected chi connectivity index (χ2v) is 3.41. The zero-order chi connectivity index (χ0) is 7.94.